The first-order chi connectivity index (χ1) is 9.06. The van der Waals surface area contributed by atoms with Crippen molar-refractivity contribution >= 4 is 17.8 Å². The number of amides is 1. The number of anilines is 2. The molecule has 0 radical (unpaired) electrons. The summed E-state index contributed by atoms with van der Waals surface area (Å²) in [6.07, 6.45) is 2.78. The normalized spacial score (nSPS) is 10.2. The number of nitrogens with two attached hydrogens (primary N) is 1. The average molecular weight is 263 g/mol. The van der Waals surface area contributed by atoms with Gasteiger partial charge in [-0.3, -0.25) is 4.79 Å². The molecule has 0 aromatic carbocycles. The summed E-state index contributed by atoms with van der Waals surface area (Å²) >= 11 is 0. The Bertz CT molecular complexity index is 565. The van der Waals surface area contributed by atoms with Gasteiger partial charge >= 0.3 is 0 Å². The van der Waals surface area contributed by atoms with Gasteiger partial charge in [-0.25, -0.2) is 4.98 Å². The third kappa shape index (κ3) is 3.12. The molecule has 10 nitrogen and oxygen atoms in total. The molecular formula is C9H13N9O. The molecule has 0 saturated heterocycles. The van der Waals surface area contributed by atoms with Crippen molar-refractivity contribution in [2.24, 2.45) is 0 Å². The van der Waals surface area contributed by atoms with Crippen LogP contribution in [-0.2, 0) is 4.79 Å². The van der Waals surface area contributed by atoms with Gasteiger partial charge in [-0.15, -0.1) is 0 Å². The van der Waals surface area contributed by atoms with E-state index >= 15 is 0 Å². The van der Waals surface area contributed by atoms with E-state index in [1.807, 2.05) is 0 Å². The van der Waals surface area contributed by atoms with E-state index in [4.69, 9.17) is 5.73 Å². The van der Waals surface area contributed by atoms with Crippen LogP contribution < -0.4 is 11.1 Å². The van der Waals surface area contributed by atoms with Crippen molar-refractivity contribution in [1.82, 2.24) is 34.6 Å². The number of nitrogen functional groups attached to an aromatic ring is 1. The van der Waals surface area contributed by atoms with E-state index in [9.17, 15) is 4.79 Å². The summed E-state index contributed by atoms with van der Waals surface area (Å²) in [5.74, 6) is 0.347. The van der Waals surface area contributed by atoms with E-state index in [0.29, 0.717) is 0 Å². The maximum atomic E-state index is 11.4. The zero-order chi connectivity index (χ0) is 13.8. The largest absolute Gasteiger partial charge is 0.368 e. The first kappa shape index (κ1) is 12.7. The lowest BCUT2D eigenvalue weighted by atomic mass is 10.5. The number of aromatic nitrogens is 6. The lowest BCUT2D eigenvalue weighted by Crippen LogP contribution is -2.29. The van der Waals surface area contributed by atoms with Crippen molar-refractivity contribution < 1.29 is 4.79 Å². The fraction of sp³-hybridized carbons (Fsp3) is 0.333. The number of rotatable bonds is 4. The van der Waals surface area contributed by atoms with Crippen molar-refractivity contribution in [3.63, 3.8) is 0 Å². The molecule has 0 aliphatic rings. The van der Waals surface area contributed by atoms with Crippen molar-refractivity contribution in [3.8, 4) is 5.95 Å². The molecule has 0 bridgehead atoms. The Morgan fingerprint density at radius 3 is 2.84 bits per heavy atom. The Labute approximate surface area is 108 Å². The lowest BCUT2D eigenvalue weighted by molar-refractivity contribution is -0.126. The van der Waals surface area contributed by atoms with Crippen molar-refractivity contribution in [2.45, 2.75) is 0 Å². The van der Waals surface area contributed by atoms with Crippen LogP contribution in [0, 0.1) is 0 Å². The molecule has 1 amide bonds. The summed E-state index contributed by atoms with van der Waals surface area (Å²) in [7, 11) is 3.32. The van der Waals surface area contributed by atoms with E-state index < -0.39 is 0 Å². The number of nitrogens with one attached hydrogen (secondary N) is 1. The smallest absolute Gasteiger partial charge is 0.258 e. The minimum atomic E-state index is -0.110. The van der Waals surface area contributed by atoms with Gasteiger partial charge in [0.15, 0.2) is 0 Å². The highest BCUT2D eigenvalue weighted by Crippen LogP contribution is 2.05. The van der Waals surface area contributed by atoms with E-state index in [-0.39, 0.29) is 30.3 Å². The quantitative estimate of drug-likeness (QED) is 0.684. The number of hydrogen-bond donors (Lipinski definition) is 2. The first-order valence-electron chi connectivity index (χ1n) is 5.37. The number of hydrogen-bond acceptors (Lipinski definition) is 8. The molecule has 0 atom stereocenters. The van der Waals surface area contributed by atoms with E-state index in [1.165, 1.54) is 22.2 Å². The zero-order valence-electron chi connectivity index (χ0n) is 10.5. The predicted molar refractivity (Wildman–Crippen MR) is 66.3 cm³/mol. The Balaban J connectivity index is 2.16. The minimum absolute atomic E-state index is 0.0281. The monoisotopic (exact) mass is 263 g/mol. The maximum absolute atomic E-state index is 11.4. The fourth-order valence-corrected chi connectivity index (χ4v) is 1.19. The highest BCUT2D eigenvalue weighted by atomic mass is 16.2. The van der Waals surface area contributed by atoms with Crippen LogP contribution in [0.3, 0.4) is 0 Å². The molecule has 2 rings (SSSR count). The Morgan fingerprint density at radius 1 is 1.42 bits per heavy atom. The van der Waals surface area contributed by atoms with Gasteiger partial charge in [-0.1, -0.05) is 0 Å². The Kier molecular flexibility index (Phi) is 3.50. The molecule has 0 aliphatic heterocycles. The van der Waals surface area contributed by atoms with Crippen LogP contribution in [0.2, 0.25) is 0 Å². The van der Waals surface area contributed by atoms with Gasteiger partial charge in [0.2, 0.25) is 17.8 Å². The van der Waals surface area contributed by atoms with Crippen molar-refractivity contribution in [3.05, 3.63) is 12.7 Å². The summed E-state index contributed by atoms with van der Waals surface area (Å²) in [4.78, 5) is 28.6. The molecule has 0 fully saturated rings. The standard InChI is InChI=1S/C9H13N9O/c1-17(2)6(19)3-12-8-14-7(10)15-9(16-8)18-5-11-4-13-18/h4-5H,3H2,1-2H3,(H3,10,12,14,15,16). The number of carbonyl (C=O) groups excluding carboxylic acids is 1. The first-order valence-corrected chi connectivity index (χ1v) is 5.37. The molecule has 2 aromatic rings. The fourth-order valence-electron chi connectivity index (χ4n) is 1.19. The van der Waals surface area contributed by atoms with E-state index in [1.54, 1.807) is 14.1 Å². The second-order valence-electron chi connectivity index (χ2n) is 3.80. The molecule has 19 heavy (non-hydrogen) atoms. The SMILES string of the molecule is CN(C)C(=O)CNc1nc(N)nc(-n2cncn2)n1. The molecule has 10 heteroatoms. The molecule has 2 heterocycles. The maximum Gasteiger partial charge on any atom is 0.258 e. The molecule has 0 unspecified atom stereocenters. The van der Waals surface area contributed by atoms with Crippen LogP contribution in [-0.4, -0.2) is 61.2 Å². The second kappa shape index (κ2) is 5.25. The Hall–Kier alpha value is -2.78. The third-order valence-corrected chi connectivity index (χ3v) is 2.16. The minimum Gasteiger partial charge on any atom is -0.368 e. The molecule has 100 valence electrons. The van der Waals surface area contributed by atoms with Gasteiger partial charge in [0.05, 0.1) is 6.54 Å². The number of likely N-dealkylation sites (N-methyl/N-ethyl adjacent to an activating group) is 1. The summed E-state index contributed by atoms with van der Waals surface area (Å²) in [6, 6.07) is 0. The molecule has 0 aliphatic carbocycles. The van der Waals surface area contributed by atoms with Gasteiger partial charge in [0.25, 0.3) is 5.95 Å². The summed E-state index contributed by atoms with van der Waals surface area (Å²) in [5, 5.41) is 6.66. The van der Waals surface area contributed by atoms with Gasteiger partial charge in [0.1, 0.15) is 12.7 Å². The third-order valence-electron chi connectivity index (χ3n) is 2.16. The zero-order valence-corrected chi connectivity index (χ0v) is 10.5. The Morgan fingerprint density at radius 2 is 2.21 bits per heavy atom. The molecule has 0 saturated carbocycles. The van der Waals surface area contributed by atoms with Gasteiger partial charge < -0.3 is 16.0 Å². The summed E-state index contributed by atoms with van der Waals surface area (Å²) < 4.78 is 1.34. The van der Waals surface area contributed by atoms with Gasteiger partial charge in [-0.05, 0) is 0 Å². The number of carbonyl (C=O) groups is 1. The predicted octanol–water partition coefficient (Wildman–Crippen LogP) is -1.47. The van der Waals surface area contributed by atoms with Crippen LogP contribution >= 0.6 is 0 Å². The van der Waals surface area contributed by atoms with E-state index in [2.05, 4.69) is 30.4 Å². The molecule has 3 N–H and O–H groups in total. The van der Waals surface area contributed by atoms with Crippen molar-refractivity contribution in [1.29, 1.82) is 0 Å². The van der Waals surface area contributed by atoms with Gasteiger partial charge in [-0.2, -0.15) is 24.7 Å². The number of nitrogens with zero attached hydrogens (tertiary/aromatic N) is 7. The van der Waals surface area contributed by atoms with E-state index in [0.717, 1.165) is 0 Å². The van der Waals surface area contributed by atoms with Crippen LogP contribution in [0.4, 0.5) is 11.9 Å². The lowest BCUT2D eigenvalue weighted by Gasteiger charge is -2.11. The van der Waals surface area contributed by atoms with Gasteiger partial charge in [0, 0.05) is 14.1 Å². The van der Waals surface area contributed by atoms with Crippen LogP contribution in [0.15, 0.2) is 12.7 Å². The van der Waals surface area contributed by atoms with Crippen LogP contribution in [0.25, 0.3) is 5.95 Å². The summed E-state index contributed by atoms with van der Waals surface area (Å²) in [6.45, 7) is 0.0627. The van der Waals surface area contributed by atoms with Crippen LogP contribution in [0.1, 0.15) is 0 Å². The summed E-state index contributed by atoms with van der Waals surface area (Å²) in [5.41, 5.74) is 5.57. The van der Waals surface area contributed by atoms with Crippen LogP contribution in [0.5, 0.6) is 0 Å². The molecule has 0 spiro atoms. The topological polar surface area (TPSA) is 128 Å². The molecular weight excluding hydrogens is 250 g/mol. The van der Waals surface area contributed by atoms with Crippen molar-refractivity contribution in [2.75, 3.05) is 31.7 Å². The highest BCUT2D eigenvalue weighted by molar-refractivity contribution is 5.79. The highest BCUT2D eigenvalue weighted by Gasteiger charge is 2.09. The second-order valence-corrected chi connectivity index (χ2v) is 3.80. The average Bonchev–Trinajstić information content (AvgIpc) is 2.89. The molecule has 2 aromatic heterocycles.